The monoisotopic (exact) mass is 322 g/mol. The second-order valence-corrected chi connectivity index (χ2v) is 7.89. The van der Waals surface area contributed by atoms with Gasteiger partial charge in [0, 0.05) is 5.69 Å². The molecule has 4 aliphatic carbocycles. The van der Waals surface area contributed by atoms with Gasteiger partial charge in [0.05, 0.1) is 18.5 Å². The topological polar surface area (TPSA) is 49.4 Å². The van der Waals surface area contributed by atoms with E-state index in [0.29, 0.717) is 23.7 Å². The number of carbonyl (C=O) groups is 2. The van der Waals surface area contributed by atoms with E-state index in [-0.39, 0.29) is 30.3 Å². The molecule has 2 saturated carbocycles. The van der Waals surface area contributed by atoms with Crippen molar-refractivity contribution in [2.24, 2.45) is 35.5 Å². The van der Waals surface area contributed by atoms with E-state index >= 15 is 0 Å². The van der Waals surface area contributed by atoms with Crippen molar-refractivity contribution in [3.63, 3.8) is 0 Å². The van der Waals surface area contributed by atoms with Gasteiger partial charge >= 0.3 is 0 Å². The maximum Gasteiger partial charge on any atom is 0.235 e. The summed E-state index contributed by atoms with van der Waals surface area (Å²) in [7, 11) is 0. The van der Waals surface area contributed by atoms with Crippen molar-refractivity contribution < 1.29 is 9.59 Å². The van der Waals surface area contributed by atoms with Crippen LogP contribution < -0.4 is 5.32 Å². The fourth-order valence-electron chi connectivity index (χ4n) is 5.20. The third kappa shape index (κ3) is 1.80. The lowest BCUT2D eigenvalue weighted by molar-refractivity contribution is -0.139. The summed E-state index contributed by atoms with van der Waals surface area (Å²) >= 11 is 0. The Balaban J connectivity index is 1.36. The highest BCUT2D eigenvalue weighted by atomic mass is 16.2. The van der Waals surface area contributed by atoms with Gasteiger partial charge in [0.1, 0.15) is 0 Å². The van der Waals surface area contributed by atoms with Gasteiger partial charge in [-0.2, -0.15) is 0 Å². The van der Waals surface area contributed by atoms with Gasteiger partial charge < -0.3 is 5.32 Å². The molecule has 3 fully saturated rings. The average molecular weight is 322 g/mol. The number of hydrogen-bond donors (Lipinski definition) is 1. The van der Waals surface area contributed by atoms with Crippen molar-refractivity contribution in [3.8, 4) is 0 Å². The SMILES string of the molecule is Cc1ccc(NCN2C(=O)[C@H]3[C@@H]4C=C[C@H]([C@@H]5C[C@@H]45)[C@@H]3C2=O)cc1C. The number of anilines is 1. The lowest BCUT2D eigenvalue weighted by Gasteiger charge is -2.37. The number of imide groups is 1. The maximum absolute atomic E-state index is 12.9. The Morgan fingerprint density at radius 3 is 2.21 bits per heavy atom. The summed E-state index contributed by atoms with van der Waals surface area (Å²) in [6, 6.07) is 6.12. The van der Waals surface area contributed by atoms with Gasteiger partial charge in [0.15, 0.2) is 0 Å². The Labute approximate surface area is 141 Å². The Hall–Kier alpha value is -2.10. The van der Waals surface area contributed by atoms with E-state index in [9.17, 15) is 9.59 Å². The predicted molar refractivity (Wildman–Crippen MR) is 91.0 cm³/mol. The highest BCUT2D eigenvalue weighted by Gasteiger charge is 2.66. The van der Waals surface area contributed by atoms with Crippen LogP contribution in [0.2, 0.25) is 0 Å². The standard InChI is InChI=1S/C20H22N2O2/c1-10-3-4-12(7-11(10)2)21-9-22-19(23)17-13-5-6-14(16-8-15(13)16)18(17)20(22)24/h3-7,13-18,21H,8-9H2,1-2H3/t13-,14-,15+,16+,17+,18+/m1/s1. The molecule has 0 unspecified atom stereocenters. The minimum atomic E-state index is -0.0993. The number of amides is 2. The zero-order valence-electron chi connectivity index (χ0n) is 14.0. The van der Waals surface area contributed by atoms with E-state index in [0.717, 1.165) is 5.69 Å². The highest BCUT2D eigenvalue weighted by Crippen LogP contribution is 2.65. The number of benzene rings is 1. The van der Waals surface area contributed by atoms with Crippen LogP contribution in [-0.2, 0) is 9.59 Å². The summed E-state index contributed by atoms with van der Waals surface area (Å²) in [5.41, 5.74) is 3.40. The second kappa shape index (κ2) is 4.71. The number of rotatable bonds is 3. The molecule has 0 spiro atoms. The van der Waals surface area contributed by atoms with E-state index in [1.54, 1.807) is 0 Å². The number of carbonyl (C=O) groups excluding carboxylic acids is 2. The smallest absolute Gasteiger partial charge is 0.235 e. The zero-order valence-corrected chi connectivity index (χ0v) is 14.0. The fourth-order valence-corrected chi connectivity index (χ4v) is 5.20. The molecule has 0 radical (unpaired) electrons. The largest absolute Gasteiger partial charge is 0.367 e. The van der Waals surface area contributed by atoms with Crippen molar-refractivity contribution in [3.05, 3.63) is 41.5 Å². The normalized spacial score (nSPS) is 38.3. The van der Waals surface area contributed by atoms with Crippen LogP contribution in [0.15, 0.2) is 30.4 Å². The molecule has 1 aliphatic heterocycles. The molecule has 4 heteroatoms. The molecule has 6 rings (SSSR count). The van der Waals surface area contributed by atoms with E-state index in [1.165, 1.54) is 22.4 Å². The Morgan fingerprint density at radius 1 is 1.00 bits per heavy atom. The maximum atomic E-state index is 12.9. The Kier molecular flexibility index (Phi) is 2.80. The lowest BCUT2D eigenvalue weighted by Crippen LogP contribution is -2.40. The molecule has 1 N–H and O–H groups in total. The molecular formula is C20H22N2O2. The van der Waals surface area contributed by atoms with Gasteiger partial charge in [0.2, 0.25) is 11.8 Å². The summed E-state index contributed by atoms with van der Waals surface area (Å²) < 4.78 is 0. The molecule has 5 aliphatic rings. The molecule has 1 aromatic rings. The number of likely N-dealkylation sites (tertiary alicyclic amines) is 1. The molecular weight excluding hydrogens is 300 g/mol. The van der Waals surface area contributed by atoms with Crippen molar-refractivity contribution in [1.29, 1.82) is 0 Å². The predicted octanol–water partition coefficient (Wildman–Crippen LogP) is 2.73. The van der Waals surface area contributed by atoms with Crippen LogP contribution in [0.4, 0.5) is 5.69 Å². The van der Waals surface area contributed by atoms with Gasteiger partial charge in [-0.1, -0.05) is 18.2 Å². The molecule has 1 aromatic carbocycles. The summed E-state index contributed by atoms with van der Waals surface area (Å²) in [4.78, 5) is 27.2. The van der Waals surface area contributed by atoms with Crippen LogP contribution >= 0.6 is 0 Å². The van der Waals surface area contributed by atoms with Crippen LogP contribution in [0.5, 0.6) is 0 Å². The number of hydrogen-bond acceptors (Lipinski definition) is 3. The third-order valence-corrected chi connectivity index (χ3v) is 6.70. The second-order valence-electron chi connectivity index (χ2n) is 7.89. The molecule has 2 amide bonds. The van der Waals surface area contributed by atoms with Crippen LogP contribution in [0.25, 0.3) is 0 Å². The summed E-state index contributed by atoms with van der Waals surface area (Å²) in [6.07, 6.45) is 5.63. The summed E-state index contributed by atoms with van der Waals surface area (Å²) in [6.45, 7) is 4.42. The lowest BCUT2D eigenvalue weighted by atomic mass is 9.63. The van der Waals surface area contributed by atoms with Crippen LogP contribution in [0.3, 0.4) is 0 Å². The van der Waals surface area contributed by atoms with E-state index in [2.05, 4.69) is 43.4 Å². The minimum absolute atomic E-state index is 0.0334. The van der Waals surface area contributed by atoms with Gasteiger partial charge in [0.25, 0.3) is 0 Å². The van der Waals surface area contributed by atoms with Gasteiger partial charge in [-0.15, -0.1) is 0 Å². The van der Waals surface area contributed by atoms with Gasteiger partial charge in [-0.05, 0) is 67.2 Å². The Bertz CT molecular complexity index is 748. The van der Waals surface area contributed by atoms with Crippen molar-refractivity contribution in [2.75, 3.05) is 12.0 Å². The molecule has 0 aromatic heterocycles. The first-order valence-electron chi connectivity index (χ1n) is 8.91. The first-order chi connectivity index (χ1) is 11.6. The van der Waals surface area contributed by atoms with Crippen molar-refractivity contribution >= 4 is 17.5 Å². The molecule has 1 saturated heterocycles. The van der Waals surface area contributed by atoms with Crippen LogP contribution in [0.1, 0.15) is 17.5 Å². The first-order valence-corrected chi connectivity index (χ1v) is 8.91. The summed E-state index contributed by atoms with van der Waals surface area (Å²) in [5, 5.41) is 3.26. The highest BCUT2D eigenvalue weighted by molar-refractivity contribution is 6.06. The third-order valence-electron chi connectivity index (χ3n) is 6.70. The average Bonchev–Trinajstić information content (AvgIpc) is 3.35. The van der Waals surface area contributed by atoms with Gasteiger partial charge in [-0.25, -0.2) is 0 Å². The zero-order chi connectivity index (χ0) is 16.6. The molecule has 124 valence electrons. The molecule has 1 heterocycles. The van der Waals surface area contributed by atoms with E-state index < -0.39 is 0 Å². The molecule has 4 nitrogen and oxygen atoms in total. The summed E-state index contributed by atoms with van der Waals surface area (Å²) in [5.74, 6) is 1.78. The Morgan fingerprint density at radius 2 is 1.62 bits per heavy atom. The van der Waals surface area contributed by atoms with Crippen molar-refractivity contribution in [1.82, 2.24) is 4.90 Å². The van der Waals surface area contributed by atoms with E-state index in [1.807, 2.05) is 6.07 Å². The van der Waals surface area contributed by atoms with Gasteiger partial charge in [-0.3, -0.25) is 14.5 Å². The molecule has 24 heavy (non-hydrogen) atoms. The van der Waals surface area contributed by atoms with Crippen LogP contribution in [-0.4, -0.2) is 23.4 Å². The fraction of sp³-hybridized carbons (Fsp3) is 0.500. The van der Waals surface area contributed by atoms with E-state index in [4.69, 9.17) is 0 Å². The first kappa shape index (κ1) is 14.3. The minimum Gasteiger partial charge on any atom is -0.367 e. The molecule has 2 bridgehead atoms. The number of nitrogens with zero attached hydrogens (tertiary/aromatic N) is 1. The van der Waals surface area contributed by atoms with Crippen LogP contribution in [0, 0.1) is 49.4 Å². The molecule has 6 atom stereocenters. The number of nitrogens with one attached hydrogen (secondary N) is 1. The van der Waals surface area contributed by atoms with Crippen molar-refractivity contribution in [2.45, 2.75) is 20.3 Å². The number of aryl methyl sites for hydroxylation is 2. The number of allylic oxidation sites excluding steroid dienone is 2. The quantitative estimate of drug-likeness (QED) is 0.688.